The smallest absolute Gasteiger partial charge is 0.178 e. The molecule has 1 fully saturated rings. The number of carbonyl (C=O) groups is 1. The zero-order valence-electron chi connectivity index (χ0n) is 9.25. The third kappa shape index (κ3) is 3.48. The lowest BCUT2D eigenvalue weighted by Gasteiger charge is -2.24. The van der Waals surface area contributed by atoms with Crippen molar-refractivity contribution in [3.8, 4) is 0 Å². The molecule has 0 bridgehead atoms. The molecule has 1 aliphatic rings. The fourth-order valence-electron chi connectivity index (χ4n) is 1.65. The number of carbonyl (C=O) groups excluding carboxylic acids is 1. The van der Waals surface area contributed by atoms with Crippen molar-refractivity contribution in [2.75, 3.05) is 13.1 Å². The van der Waals surface area contributed by atoms with E-state index in [0.717, 1.165) is 19.5 Å². The molecular formula is C11H20N2O. The Bertz CT molecular complexity index is 217. The monoisotopic (exact) mass is 196 g/mol. The highest BCUT2D eigenvalue weighted by atomic mass is 16.1. The molecule has 0 aromatic rings. The van der Waals surface area contributed by atoms with E-state index in [2.05, 4.69) is 5.10 Å². The molecule has 0 saturated carbocycles. The molecule has 0 N–H and O–H groups in total. The molecule has 0 amide bonds. The molecule has 3 nitrogen and oxygen atoms in total. The fourth-order valence-corrected chi connectivity index (χ4v) is 1.65. The molecule has 0 aliphatic carbocycles. The topological polar surface area (TPSA) is 32.7 Å². The van der Waals surface area contributed by atoms with Crippen LogP contribution in [0.15, 0.2) is 5.10 Å². The van der Waals surface area contributed by atoms with Gasteiger partial charge in [0.05, 0.1) is 0 Å². The number of ketones is 1. The van der Waals surface area contributed by atoms with Crippen LogP contribution in [-0.4, -0.2) is 29.6 Å². The maximum absolute atomic E-state index is 11.5. The quantitative estimate of drug-likeness (QED) is 0.646. The minimum Gasteiger partial charge on any atom is -0.297 e. The summed E-state index contributed by atoms with van der Waals surface area (Å²) in [6.45, 7) is 5.87. The summed E-state index contributed by atoms with van der Waals surface area (Å²) in [5.74, 6) is 0.193. The molecule has 0 aromatic heterocycles. The molecule has 0 atom stereocenters. The van der Waals surface area contributed by atoms with Crippen molar-refractivity contribution in [3.63, 3.8) is 0 Å². The molecule has 1 saturated heterocycles. The van der Waals surface area contributed by atoms with Gasteiger partial charge < -0.3 is 0 Å². The van der Waals surface area contributed by atoms with Crippen LogP contribution in [0.25, 0.3) is 0 Å². The summed E-state index contributed by atoms with van der Waals surface area (Å²) in [5, 5.41) is 6.39. The second kappa shape index (κ2) is 5.78. The van der Waals surface area contributed by atoms with Gasteiger partial charge in [-0.05, 0) is 32.6 Å². The van der Waals surface area contributed by atoms with E-state index in [0.29, 0.717) is 12.1 Å². The van der Waals surface area contributed by atoms with E-state index in [1.54, 1.807) is 0 Å². The van der Waals surface area contributed by atoms with Gasteiger partial charge in [0.15, 0.2) is 5.78 Å². The maximum atomic E-state index is 11.5. The van der Waals surface area contributed by atoms with Crippen LogP contribution in [0.3, 0.4) is 0 Å². The van der Waals surface area contributed by atoms with Crippen LogP contribution in [0.1, 0.15) is 46.0 Å². The van der Waals surface area contributed by atoms with Crippen molar-refractivity contribution in [3.05, 3.63) is 0 Å². The van der Waals surface area contributed by atoms with Gasteiger partial charge in [0, 0.05) is 19.5 Å². The SMILES string of the molecule is CCCC(=O)/C(C)=N/N1CCCCC1. The van der Waals surface area contributed by atoms with E-state index < -0.39 is 0 Å². The molecule has 14 heavy (non-hydrogen) atoms. The van der Waals surface area contributed by atoms with E-state index in [4.69, 9.17) is 0 Å². The summed E-state index contributed by atoms with van der Waals surface area (Å²) in [4.78, 5) is 11.5. The maximum Gasteiger partial charge on any atom is 0.178 e. The highest BCUT2D eigenvalue weighted by molar-refractivity contribution is 6.38. The predicted molar refractivity (Wildman–Crippen MR) is 58.4 cm³/mol. The summed E-state index contributed by atoms with van der Waals surface area (Å²) >= 11 is 0. The number of nitrogens with zero attached hydrogens (tertiary/aromatic N) is 2. The molecular weight excluding hydrogens is 176 g/mol. The number of hydrogen-bond donors (Lipinski definition) is 0. The summed E-state index contributed by atoms with van der Waals surface area (Å²) in [6, 6.07) is 0. The Kier molecular flexibility index (Phi) is 4.63. The minimum atomic E-state index is 0.193. The third-order valence-electron chi connectivity index (χ3n) is 2.50. The van der Waals surface area contributed by atoms with Gasteiger partial charge in [0.25, 0.3) is 0 Å². The standard InChI is InChI=1S/C11H20N2O/c1-3-7-11(14)10(2)12-13-8-5-4-6-9-13/h3-9H2,1-2H3/b12-10+. The van der Waals surface area contributed by atoms with Crippen molar-refractivity contribution in [2.45, 2.75) is 46.0 Å². The molecule has 0 radical (unpaired) electrons. The van der Waals surface area contributed by atoms with Crippen molar-refractivity contribution < 1.29 is 4.79 Å². The van der Waals surface area contributed by atoms with E-state index in [1.807, 2.05) is 18.9 Å². The number of Topliss-reactive ketones (excluding diaryl/α,β-unsaturated/α-hetero) is 1. The third-order valence-corrected chi connectivity index (χ3v) is 2.50. The summed E-state index contributed by atoms with van der Waals surface area (Å²) in [6.07, 6.45) is 5.25. The average Bonchev–Trinajstić information content (AvgIpc) is 2.19. The van der Waals surface area contributed by atoms with Crippen LogP contribution in [0.4, 0.5) is 0 Å². The molecule has 80 valence electrons. The van der Waals surface area contributed by atoms with Crippen LogP contribution >= 0.6 is 0 Å². The Morgan fingerprint density at radius 1 is 1.29 bits per heavy atom. The van der Waals surface area contributed by atoms with Crippen molar-refractivity contribution in [1.29, 1.82) is 0 Å². The van der Waals surface area contributed by atoms with Gasteiger partial charge in [0.2, 0.25) is 0 Å². The van der Waals surface area contributed by atoms with E-state index in [1.165, 1.54) is 19.3 Å². The molecule has 0 unspecified atom stereocenters. The highest BCUT2D eigenvalue weighted by Gasteiger charge is 2.10. The van der Waals surface area contributed by atoms with Gasteiger partial charge in [0.1, 0.15) is 5.71 Å². The second-order valence-corrected chi connectivity index (χ2v) is 3.87. The summed E-state index contributed by atoms with van der Waals surface area (Å²) < 4.78 is 0. The number of piperidine rings is 1. The molecule has 1 heterocycles. The van der Waals surface area contributed by atoms with Gasteiger partial charge in [-0.25, -0.2) is 0 Å². The van der Waals surface area contributed by atoms with E-state index in [9.17, 15) is 4.79 Å². The van der Waals surface area contributed by atoms with Gasteiger partial charge in [-0.3, -0.25) is 9.80 Å². The van der Waals surface area contributed by atoms with Crippen LogP contribution in [0.2, 0.25) is 0 Å². The number of rotatable bonds is 4. The highest BCUT2D eigenvalue weighted by Crippen LogP contribution is 2.09. The lowest BCUT2D eigenvalue weighted by atomic mass is 10.1. The first kappa shape index (κ1) is 11.2. The minimum absolute atomic E-state index is 0.193. The molecule has 0 aromatic carbocycles. The van der Waals surface area contributed by atoms with Crippen LogP contribution < -0.4 is 0 Å². The zero-order chi connectivity index (χ0) is 10.4. The first-order valence-corrected chi connectivity index (χ1v) is 5.57. The summed E-state index contributed by atoms with van der Waals surface area (Å²) in [7, 11) is 0. The summed E-state index contributed by atoms with van der Waals surface area (Å²) in [5.41, 5.74) is 0.675. The average molecular weight is 196 g/mol. The Balaban J connectivity index is 2.44. The first-order chi connectivity index (χ1) is 6.74. The lowest BCUT2D eigenvalue weighted by molar-refractivity contribution is -0.113. The van der Waals surface area contributed by atoms with E-state index in [-0.39, 0.29) is 5.78 Å². The molecule has 3 heteroatoms. The fraction of sp³-hybridized carbons (Fsp3) is 0.818. The largest absolute Gasteiger partial charge is 0.297 e. The van der Waals surface area contributed by atoms with Crippen molar-refractivity contribution in [2.24, 2.45) is 5.10 Å². The number of hydrogen-bond acceptors (Lipinski definition) is 3. The predicted octanol–water partition coefficient (Wildman–Crippen LogP) is 2.22. The zero-order valence-corrected chi connectivity index (χ0v) is 9.25. The van der Waals surface area contributed by atoms with Gasteiger partial charge in [-0.15, -0.1) is 0 Å². The lowest BCUT2D eigenvalue weighted by Crippen LogP contribution is -2.27. The molecule has 1 rings (SSSR count). The molecule has 1 aliphatic heterocycles. The van der Waals surface area contributed by atoms with Crippen LogP contribution in [0.5, 0.6) is 0 Å². The normalized spacial score (nSPS) is 18.4. The first-order valence-electron chi connectivity index (χ1n) is 5.57. The van der Waals surface area contributed by atoms with E-state index >= 15 is 0 Å². The Morgan fingerprint density at radius 3 is 2.50 bits per heavy atom. The number of hydrazone groups is 1. The second-order valence-electron chi connectivity index (χ2n) is 3.87. The Labute approximate surface area is 86.2 Å². The Morgan fingerprint density at radius 2 is 1.93 bits per heavy atom. The van der Waals surface area contributed by atoms with Gasteiger partial charge in [-0.1, -0.05) is 6.92 Å². The van der Waals surface area contributed by atoms with Crippen LogP contribution in [-0.2, 0) is 4.79 Å². The van der Waals surface area contributed by atoms with Crippen molar-refractivity contribution in [1.82, 2.24) is 5.01 Å². The van der Waals surface area contributed by atoms with Gasteiger partial charge >= 0.3 is 0 Å². The van der Waals surface area contributed by atoms with Crippen molar-refractivity contribution >= 4 is 11.5 Å². The molecule has 0 spiro atoms. The van der Waals surface area contributed by atoms with Gasteiger partial charge in [-0.2, -0.15) is 5.10 Å². The van der Waals surface area contributed by atoms with Crippen LogP contribution in [0, 0.1) is 0 Å². The Hall–Kier alpha value is -0.860.